The topological polar surface area (TPSA) is 78.6 Å². The van der Waals surface area contributed by atoms with E-state index in [1.165, 1.54) is 18.0 Å². The SMILES string of the molecule is O=[N+]([O-])c1c(N2CCN(c3ccccc3F)CC2)ncnc1N1CCc2ccccc2C1. The van der Waals surface area contributed by atoms with Gasteiger partial charge >= 0.3 is 5.69 Å². The maximum atomic E-state index is 14.2. The fraction of sp³-hybridized carbons (Fsp3) is 0.304. The van der Waals surface area contributed by atoms with Crippen LogP contribution in [-0.4, -0.2) is 47.6 Å². The Balaban J connectivity index is 1.40. The first kappa shape index (κ1) is 20.2. The number of halogens is 1. The van der Waals surface area contributed by atoms with Gasteiger partial charge in [0.05, 0.1) is 10.6 Å². The Morgan fingerprint density at radius 2 is 1.44 bits per heavy atom. The minimum atomic E-state index is -0.381. The maximum absolute atomic E-state index is 14.2. The molecule has 0 spiro atoms. The molecular formula is C23H23FN6O2. The molecule has 1 saturated heterocycles. The normalized spacial score (nSPS) is 16.1. The molecule has 8 nitrogen and oxygen atoms in total. The van der Waals surface area contributed by atoms with Gasteiger partial charge in [0.15, 0.2) is 0 Å². The van der Waals surface area contributed by atoms with E-state index < -0.39 is 0 Å². The molecule has 0 atom stereocenters. The fourth-order valence-corrected chi connectivity index (χ4v) is 4.53. The monoisotopic (exact) mass is 434 g/mol. The predicted molar refractivity (Wildman–Crippen MR) is 121 cm³/mol. The molecule has 0 bridgehead atoms. The molecule has 0 amide bonds. The summed E-state index contributed by atoms with van der Waals surface area (Å²) >= 11 is 0. The number of nitro groups is 1. The number of piperazine rings is 1. The molecule has 164 valence electrons. The summed E-state index contributed by atoms with van der Waals surface area (Å²) in [5.74, 6) is 0.416. The van der Waals surface area contributed by atoms with Crippen LogP contribution < -0.4 is 14.7 Å². The Labute approximate surface area is 185 Å². The van der Waals surface area contributed by atoms with Gasteiger partial charge in [0.25, 0.3) is 0 Å². The average molecular weight is 434 g/mol. The van der Waals surface area contributed by atoms with Gasteiger partial charge in [-0.25, -0.2) is 14.4 Å². The number of aromatic nitrogens is 2. The zero-order valence-electron chi connectivity index (χ0n) is 17.5. The molecular weight excluding hydrogens is 411 g/mol. The number of anilines is 3. The lowest BCUT2D eigenvalue weighted by molar-refractivity contribution is -0.383. The molecule has 2 aliphatic heterocycles. The van der Waals surface area contributed by atoms with Crippen molar-refractivity contribution in [1.82, 2.24) is 9.97 Å². The van der Waals surface area contributed by atoms with Crippen molar-refractivity contribution in [3.8, 4) is 0 Å². The van der Waals surface area contributed by atoms with E-state index >= 15 is 0 Å². The van der Waals surface area contributed by atoms with E-state index in [4.69, 9.17) is 0 Å². The lowest BCUT2D eigenvalue weighted by Gasteiger charge is -2.37. The van der Waals surface area contributed by atoms with Crippen LogP contribution in [0.4, 0.5) is 27.4 Å². The highest BCUT2D eigenvalue weighted by Crippen LogP contribution is 2.37. The molecule has 0 saturated carbocycles. The van der Waals surface area contributed by atoms with E-state index in [-0.39, 0.29) is 16.4 Å². The van der Waals surface area contributed by atoms with E-state index in [0.717, 1.165) is 12.0 Å². The van der Waals surface area contributed by atoms with Crippen LogP contribution in [0.2, 0.25) is 0 Å². The van der Waals surface area contributed by atoms with Crippen LogP contribution >= 0.6 is 0 Å². The second-order valence-corrected chi connectivity index (χ2v) is 7.99. The van der Waals surface area contributed by atoms with Gasteiger partial charge in [0.2, 0.25) is 11.6 Å². The van der Waals surface area contributed by atoms with Gasteiger partial charge in [-0.05, 0) is 29.7 Å². The van der Waals surface area contributed by atoms with Gasteiger partial charge in [-0.15, -0.1) is 0 Å². The van der Waals surface area contributed by atoms with Gasteiger partial charge < -0.3 is 14.7 Å². The van der Waals surface area contributed by atoms with Crippen LogP contribution in [0.15, 0.2) is 54.9 Å². The highest BCUT2D eigenvalue weighted by Gasteiger charge is 2.33. The molecule has 1 aromatic heterocycles. The number of rotatable bonds is 4. The molecule has 1 fully saturated rings. The fourth-order valence-electron chi connectivity index (χ4n) is 4.53. The highest BCUT2D eigenvalue weighted by molar-refractivity contribution is 5.72. The van der Waals surface area contributed by atoms with Crippen molar-refractivity contribution >= 4 is 23.0 Å². The second-order valence-electron chi connectivity index (χ2n) is 7.99. The van der Waals surface area contributed by atoms with Crippen molar-refractivity contribution in [1.29, 1.82) is 0 Å². The summed E-state index contributed by atoms with van der Waals surface area (Å²) in [6.07, 6.45) is 2.22. The van der Waals surface area contributed by atoms with E-state index in [0.29, 0.717) is 56.6 Å². The Morgan fingerprint density at radius 3 is 2.16 bits per heavy atom. The molecule has 5 rings (SSSR count). The molecule has 32 heavy (non-hydrogen) atoms. The summed E-state index contributed by atoms with van der Waals surface area (Å²) in [5.41, 5.74) is 2.92. The van der Waals surface area contributed by atoms with Gasteiger partial charge in [-0.3, -0.25) is 10.1 Å². The molecule has 3 heterocycles. The summed E-state index contributed by atoms with van der Waals surface area (Å²) in [4.78, 5) is 26.2. The Hall–Kier alpha value is -3.75. The smallest absolute Gasteiger partial charge is 0.353 e. The second kappa shape index (κ2) is 8.41. The molecule has 9 heteroatoms. The summed E-state index contributed by atoms with van der Waals surface area (Å²) < 4.78 is 14.2. The van der Waals surface area contributed by atoms with Crippen molar-refractivity contribution in [2.75, 3.05) is 47.4 Å². The molecule has 2 aliphatic rings. The minimum absolute atomic E-state index is 0.0637. The molecule has 0 unspecified atom stereocenters. The first-order valence-corrected chi connectivity index (χ1v) is 10.7. The van der Waals surface area contributed by atoms with Crippen molar-refractivity contribution in [2.45, 2.75) is 13.0 Å². The number of hydrogen-bond acceptors (Lipinski definition) is 7. The van der Waals surface area contributed by atoms with Gasteiger partial charge in [-0.1, -0.05) is 36.4 Å². The highest BCUT2D eigenvalue weighted by atomic mass is 19.1. The quantitative estimate of drug-likeness (QED) is 0.460. The average Bonchev–Trinajstić information content (AvgIpc) is 2.83. The Morgan fingerprint density at radius 1 is 0.812 bits per heavy atom. The van der Waals surface area contributed by atoms with E-state index in [9.17, 15) is 14.5 Å². The molecule has 2 aromatic carbocycles. The molecule has 0 radical (unpaired) electrons. The van der Waals surface area contributed by atoms with E-state index in [2.05, 4.69) is 22.1 Å². The van der Waals surface area contributed by atoms with Crippen LogP contribution in [0.5, 0.6) is 0 Å². The third-order valence-corrected chi connectivity index (χ3v) is 6.17. The van der Waals surface area contributed by atoms with Crippen LogP contribution in [0.25, 0.3) is 0 Å². The van der Waals surface area contributed by atoms with Gasteiger partial charge in [-0.2, -0.15) is 0 Å². The van der Waals surface area contributed by atoms with Gasteiger partial charge in [0, 0.05) is 39.3 Å². The van der Waals surface area contributed by atoms with E-state index in [1.807, 2.05) is 32.9 Å². The molecule has 0 N–H and O–H groups in total. The molecule has 0 aliphatic carbocycles. The standard InChI is InChI=1S/C23H23FN6O2/c24-19-7-3-4-8-20(19)27-11-13-28(14-12-27)22-21(30(31)32)23(26-16-25-22)29-10-9-17-5-1-2-6-18(17)15-29/h1-8,16H,9-15H2. The number of benzene rings is 2. The number of nitrogens with zero attached hydrogens (tertiary/aromatic N) is 6. The predicted octanol–water partition coefficient (Wildman–Crippen LogP) is 3.41. The largest absolute Gasteiger partial charge is 0.366 e. The zero-order chi connectivity index (χ0) is 22.1. The van der Waals surface area contributed by atoms with Crippen LogP contribution in [-0.2, 0) is 13.0 Å². The number of fused-ring (bicyclic) bond motifs is 1. The van der Waals surface area contributed by atoms with E-state index in [1.54, 1.807) is 12.1 Å². The minimum Gasteiger partial charge on any atom is -0.366 e. The van der Waals surface area contributed by atoms with Crippen molar-refractivity contribution in [3.05, 3.63) is 81.9 Å². The third kappa shape index (κ3) is 3.70. The third-order valence-electron chi connectivity index (χ3n) is 6.17. The Kier molecular flexibility index (Phi) is 5.30. The lowest BCUT2D eigenvalue weighted by Crippen LogP contribution is -2.47. The first-order chi connectivity index (χ1) is 15.6. The van der Waals surface area contributed by atoms with Crippen LogP contribution in [0.1, 0.15) is 11.1 Å². The zero-order valence-corrected chi connectivity index (χ0v) is 17.5. The summed E-state index contributed by atoms with van der Waals surface area (Å²) in [7, 11) is 0. The lowest BCUT2D eigenvalue weighted by atomic mass is 10.00. The van der Waals surface area contributed by atoms with Crippen LogP contribution in [0, 0.1) is 15.9 Å². The van der Waals surface area contributed by atoms with Crippen molar-refractivity contribution < 1.29 is 9.31 Å². The summed E-state index contributed by atoms with van der Waals surface area (Å²) in [6.45, 7) is 3.36. The van der Waals surface area contributed by atoms with Crippen molar-refractivity contribution in [2.24, 2.45) is 0 Å². The summed E-state index contributed by atoms with van der Waals surface area (Å²) in [6, 6.07) is 14.8. The number of hydrogen-bond donors (Lipinski definition) is 0. The maximum Gasteiger partial charge on any atom is 0.353 e. The summed E-state index contributed by atoms with van der Waals surface area (Å²) in [5, 5.41) is 12.1. The van der Waals surface area contributed by atoms with Crippen LogP contribution in [0.3, 0.4) is 0 Å². The molecule has 3 aromatic rings. The Bertz CT molecular complexity index is 1150. The van der Waals surface area contributed by atoms with Gasteiger partial charge in [0.1, 0.15) is 12.1 Å². The number of para-hydroxylation sites is 1. The van der Waals surface area contributed by atoms with Crippen molar-refractivity contribution in [3.63, 3.8) is 0 Å². The first-order valence-electron chi connectivity index (χ1n) is 10.7.